The monoisotopic (exact) mass is 200 g/mol. The van der Waals surface area contributed by atoms with Gasteiger partial charge in [0, 0.05) is 0 Å². The number of epoxide rings is 1. The van der Waals surface area contributed by atoms with E-state index in [9.17, 15) is 10.2 Å². The molecule has 14 heavy (non-hydrogen) atoms. The van der Waals surface area contributed by atoms with E-state index in [2.05, 4.69) is 0 Å². The van der Waals surface area contributed by atoms with Crippen LogP contribution in [0.4, 0.5) is 0 Å². The third-order valence-corrected chi connectivity index (χ3v) is 3.03. The van der Waals surface area contributed by atoms with Crippen LogP contribution in [0.15, 0.2) is 12.2 Å². The van der Waals surface area contributed by atoms with E-state index in [0.717, 1.165) is 0 Å². The fraction of sp³-hybridized carbons (Fsp3) is 0.800. The first-order chi connectivity index (χ1) is 6.53. The van der Waals surface area contributed by atoms with Crippen molar-refractivity contribution in [2.75, 3.05) is 6.61 Å². The third-order valence-electron chi connectivity index (χ3n) is 3.03. The molecule has 2 fully saturated rings. The topological polar surface area (TPSA) is 62.2 Å². The molecule has 3 atom stereocenters. The van der Waals surface area contributed by atoms with Crippen LogP contribution in [-0.2, 0) is 9.47 Å². The van der Waals surface area contributed by atoms with Crippen molar-refractivity contribution in [1.82, 2.24) is 0 Å². The molecule has 0 amide bonds. The van der Waals surface area contributed by atoms with Gasteiger partial charge >= 0.3 is 0 Å². The van der Waals surface area contributed by atoms with Crippen LogP contribution in [0.5, 0.6) is 0 Å². The first kappa shape index (κ1) is 10.1. The molecule has 0 aromatic carbocycles. The maximum Gasteiger partial charge on any atom is 0.219 e. The Balaban J connectivity index is 2.09. The fourth-order valence-electron chi connectivity index (χ4n) is 1.92. The van der Waals surface area contributed by atoms with E-state index in [1.54, 1.807) is 6.92 Å². The van der Waals surface area contributed by atoms with Gasteiger partial charge in [0.25, 0.3) is 0 Å². The highest BCUT2D eigenvalue weighted by molar-refractivity contribution is 5.16. The lowest BCUT2D eigenvalue weighted by Gasteiger charge is -2.33. The summed E-state index contributed by atoms with van der Waals surface area (Å²) in [6.07, 6.45) is 3.45. The van der Waals surface area contributed by atoms with Crippen LogP contribution in [0.2, 0.25) is 0 Å². The van der Waals surface area contributed by atoms with Gasteiger partial charge in [-0.15, -0.1) is 0 Å². The zero-order valence-electron chi connectivity index (χ0n) is 8.43. The number of aliphatic hydroxyl groups is 2. The molecule has 0 unspecified atom stereocenters. The highest BCUT2D eigenvalue weighted by Crippen LogP contribution is 2.50. The Bertz CT molecular complexity index is 261. The standard InChI is InChI=1S/C10H16O4/c1-3-4-5-9-6-13-7(2)10(11,12)8(9)14-9/h3-4,7-8,11-12H,5-6H2,1-2H3/t7-,8-,9+/m1/s1. The van der Waals surface area contributed by atoms with Gasteiger partial charge in [0.2, 0.25) is 5.79 Å². The van der Waals surface area contributed by atoms with Gasteiger partial charge in [-0.3, -0.25) is 0 Å². The molecule has 2 rings (SSSR count). The first-order valence-corrected chi connectivity index (χ1v) is 4.88. The van der Waals surface area contributed by atoms with Gasteiger partial charge in [-0.05, 0) is 20.3 Å². The van der Waals surface area contributed by atoms with E-state index in [4.69, 9.17) is 9.47 Å². The van der Waals surface area contributed by atoms with Crippen LogP contribution in [0.3, 0.4) is 0 Å². The lowest BCUT2D eigenvalue weighted by atomic mass is 9.91. The van der Waals surface area contributed by atoms with Gasteiger partial charge in [0.1, 0.15) is 17.8 Å². The molecule has 2 N–H and O–H groups in total. The third kappa shape index (κ3) is 1.30. The lowest BCUT2D eigenvalue weighted by molar-refractivity contribution is -0.255. The summed E-state index contributed by atoms with van der Waals surface area (Å²) in [5.74, 6) is -1.85. The zero-order valence-corrected chi connectivity index (χ0v) is 8.43. The van der Waals surface area contributed by atoms with Crippen molar-refractivity contribution in [3.05, 3.63) is 12.2 Å². The van der Waals surface area contributed by atoms with Crippen molar-refractivity contribution in [3.63, 3.8) is 0 Å². The normalized spacial score (nSPS) is 45.1. The van der Waals surface area contributed by atoms with E-state index >= 15 is 0 Å². The molecule has 2 heterocycles. The maximum atomic E-state index is 9.70. The van der Waals surface area contributed by atoms with Gasteiger partial charge in [-0.25, -0.2) is 0 Å². The molecule has 4 heteroatoms. The van der Waals surface area contributed by atoms with Gasteiger partial charge in [0.15, 0.2) is 0 Å². The van der Waals surface area contributed by atoms with Gasteiger partial charge in [0.05, 0.1) is 6.61 Å². The molecular formula is C10H16O4. The zero-order chi connectivity index (χ0) is 10.4. The van der Waals surface area contributed by atoms with Crippen molar-refractivity contribution in [2.45, 2.75) is 43.9 Å². The van der Waals surface area contributed by atoms with Crippen LogP contribution in [0, 0.1) is 0 Å². The Morgan fingerprint density at radius 1 is 1.50 bits per heavy atom. The van der Waals surface area contributed by atoms with Crippen LogP contribution in [0.1, 0.15) is 20.3 Å². The molecule has 2 aliphatic rings. The number of allylic oxidation sites excluding steroid dienone is 1. The van der Waals surface area contributed by atoms with Crippen molar-refractivity contribution in [2.24, 2.45) is 0 Å². The highest BCUT2D eigenvalue weighted by atomic mass is 16.7. The summed E-state index contributed by atoms with van der Waals surface area (Å²) in [7, 11) is 0. The SMILES string of the molecule is CC=CC[C@]12CO[C@H](C)C(O)(O)[C@@H]1O2. The second-order valence-corrected chi connectivity index (χ2v) is 4.07. The molecule has 0 radical (unpaired) electrons. The molecule has 0 aromatic heterocycles. The summed E-state index contributed by atoms with van der Waals surface area (Å²) < 4.78 is 10.7. The molecule has 2 saturated heterocycles. The van der Waals surface area contributed by atoms with E-state index in [1.807, 2.05) is 19.1 Å². The Hall–Kier alpha value is -0.420. The number of fused-ring (bicyclic) bond motifs is 1. The smallest absolute Gasteiger partial charge is 0.219 e. The van der Waals surface area contributed by atoms with Gasteiger partial charge in [-0.2, -0.15) is 0 Å². The summed E-state index contributed by atoms with van der Waals surface area (Å²) in [6, 6.07) is 0. The van der Waals surface area contributed by atoms with Crippen molar-refractivity contribution in [1.29, 1.82) is 0 Å². The summed E-state index contributed by atoms with van der Waals surface area (Å²) in [6.45, 7) is 4.00. The molecule has 80 valence electrons. The molecular weight excluding hydrogens is 184 g/mol. The van der Waals surface area contributed by atoms with Gasteiger partial charge in [-0.1, -0.05) is 12.2 Å². The van der Waals surface area contributed by atoms with E-state index in [-0.39, 0.29) is 0 Å². The maximum absolute atomic E-state index is 9.70. The van der Waals surface area contributed by atoms with Crippen molar-refractivity contribution >= 4 is 0 Å². The Kier molecular flexibility index (Phi) is 2.19. The van der Waals surface area contributed by atoms with Crippen LogP contribution in [0.25, 0.3) is 0 Å². The highest BCUT2D eigenvalue weighted by Gasteiger charge is 2.70. The van der Waals surface area contributed by atoms with Crippen LogP contribution in [-0.4, -0.2) is 40.4 Å². The molecule has 4 nitrogen and oxygen atoms in total. The lowest BCUT2D eigenvalue weighted by Crippen LogP contribution is -2.54. The number of hydrogen-bond donors (Lipinski definition) is 2. The largest absolute Gasteiger partial charge is 0.370 e. The Labute approximate surface area is 83.1 Å². The summed E-state index contributed by atoms with van der Waals surface area (Å²) in [5, 5.41) is 19.4. The second-order valence-electron chi connectivity index (χ2n) is 4.07. The minimum absolute atomic E-state index is 0.437. The Morgan fingerprint density at radius 3 is 2.86 bits per heavy atom. The van der Waals surface area contributed by atoms with Crippen LogP contribution < -0.4 is 0 Å². The van der Waals surface area contributed by atoms with Gasteiger partial charge < -0.3 is 19.7 Å². The second kappa shape index (κ2) is 3.03. The fourth-order valence-corrected chi connectivity index (χ4v) is 1.92. The predicted octanol–water partition coefficient (Wildman–Crippen LogP) is 0.190. The number of hydrogen-bond acceptors (Lipinski definition) is 4. The predicted molar refractivity (Wildman–Crippen MR) is 49.6 cm³/mol. The number of rotatable bonds is 2. The molecule has 0 aliphatic carbocycles. The van der Waals surface area contributed by atoms with E-state index in [0.29, 0.717) is 13.0 Å². The minimum atomic E-state index is -1.85. The van der Waals surface area contributed by atoms with E-state index in [1.165, 1.54) is 0 Å². The Morgan fingerprint density at radius 2 is 2.21 bits per heavy atom. The average molecular weight is 200 g/mol. The minimum Gasteiger partial charge on any atom is -0.370 e. The average Bonchev–Trinajstić information content (AvgIpc) is 2.86. The van der Waals surface area contributed by atoms with Crippen LogP contribution >= 0.6 is 0 Å². The van der Waals surface area contributed by atoms with Crippen molar-refractivity contribution in [3.8, 4) is 0 Å². The molecule has 0 aromatic rings. The molecule has 0 spiro atoms. The summed E-state index contributed by atoms with van der Waals surface area (Å²) in [5.41, 5.74) is -0.497. The summed E-state index contributed by atoms with van der Waals surface area (Å²) in [4.78, 5) is 0. The summed E-state index contributed by atoms with van der Waals surface area (Å²) >= 11 is 0. The first-order valence-electron chi connectivity index (χ1n) is 4.88. The molecule has 2 aliphatic heterocycles. The van der Waals surface area contributed by atoms with E-state index < -0.39 is 23.6 Å². The number of ether oxygens (including phenoxy) is 2. The molecule has 0 bridgehead atoms. The molecule has 0 saturated carbocycles. The van der Waals surface area contributed by atoms with Crippen molar-refractivity contribution < 1.29 is 19.7 Å². The quantitative estimate of drug-likeness (QED) is 0.379.